The van der Waals surface area contributed by atoms with Gasteiger partial charge in [0, 0.05) is 0 Å². The van der Waals surface area contributed by atoms with Crippen LogP contribution in [0.2, 0.25) is 0 Å². The van der Waals surface area contributed by atoms with Crippen LogP contribution in [0, 0.1) is 0 Å². The van der Waals surface area contributed by atoms with Crippen molar-refractivity contribution in [1.29, 1.82) is 0 Å². The fourth-order valence-corrected chi connectivity index (χ4v) is 0.785. The normalized spacial score (nSPS) is 7.89. The Kier molecular flexibility index (Phi) is 16.2. The maximum atomic E-state index is 10.4. The predicted molar refractivity (Wildman–Crippen MR) is 69.2 cm³/mol. The van der Waals surface area contributed by atoms with E-state index in [-0.39, 0.29) is 47.6 Å². The van der Waals surface area contributed by atoms with Crippen molar-refractivity contribution in [3.63, 3.8) is 0 Å². The van der Waals surface area contributed by atoms with Gasteiger partial charge in [-0.25, -0.2) is 9.59 Å². The van der Waals surface area contributed by atoms with Crippen molar-refractivity contribution in [1.82, 2.24) is 0 Å². The molecule has 0 bridgehead atoms. The largest absolute Gasteiger partial charge is 1.00 e. The summed E-state index contributed by atoms with van der Waals surface area (Å²) in [6.45, 7) is 2.10. The molecule has 0 spiro atoms. The third-order valence-electron chi connectivity index (χ3n) is 1.58. The zero-order chi connectivity index (χ0) is 12.6. The minimum Gasteiger partial charge on any atom is -1.00 e. The number of carboxylic acids is 2. The first kappa shape index (κ1) is 22.6. The Bertz CT molecular complexity index is 345. The third kappa shape index (κ3) is 9.49. The van der Waals surface area contributed by atoms with Crippen molar-refractivity contribution in [3.05, 3.63) is 35.4 Å². The van der Waals surface area contributed by atoms with Gasteiger partial charge in [0.1, 0.15) is 0 Å². The molecule has 98 valence electrons. The number of hydrogen-bond acceptors (Lipinski definition) is 3. The zero-order valence-electron chi connectivity index (χ0n) is 11.4. The average Bonchev–Trinajstić information content (AvgIpc) is 2.29. The van der Waals surface area contributed by atoms with Crippen LogP contribution in [0.15, 0.2) is 24.3 Å². The molecule has 1 rings (SSSR count). The van der Waals surface area contributed by atoms with Gasteiger partial charge >= 0.3 is 41.5 Å². The van der Waals surface area contributed by atoms with E-state index in [1.54, 1.807) is 0 Å². The summed E-state index contributed by atoms with van der Waals surface area (Å²) in [6, 6.07) is 5.20. The molecule has 4 N–H and O–H groups in total. The molecule has 0 aliphatic heterocycles. The number of carbonyl (C=O) groups is 2. The Morgan fingerprint density at radius 3 is 1.78 bits per heavy atom. The van der Waals surface area contributed by atoms with Crippen LogP contribution in [0.4, 0.5) is 0 Å². The minimum atomic E-state index is -1.13. The van der Waals surface area contributed by atoms with Crippen molar-refractivity contribution in [3.8, 4) is 0 Å². The summed E-state index contributed by atoms with van der Waals surface area (Å²) in [4.78, 5) is 20.8. The van der Waals surface area contributed by atoms with Crippen LogP contribution in [0.1, 0.15) is 35.5 Å². The summed E-state index contributed by atoms with van der Waals surface area (Å²) in [5, 5.41) is 17.0. The molecule has 0 saturated heterocycles. The van der Waals surface area contributed by atoms with Gasteiger partial charge in [0.25, 0.3) is 0 Å². The maximum Gasteiger partial charge on any atom is 1.00 e. The molecule has 0 saturated carbocycles. The van der Waals surface area contributed by atoms with Gasteiger partial charge in [-0.1, -0.05) is 13.0 Å². The second-order valence-corrected chi connectivity index (χ2v) is 3.36. The van der Waals surface area contributed by atoms with Crippen LogP contribution >= 0.6 is 12.6 Å². The average molecular weight is 284 g/mol. The Labute approximate surface area is 135 Å². The fraction of sp³-hybridized carbons (Fsp3) is 0.273. The standard InChI is InChI=1S/C8H6O4.C3H8S.Na.H2O.H/c9-7(10)5-2-1-3-6(4-5)8(11)12;1-2-3-4;;;/h1-4H,(H,9,10)(H,11,12);4H,2-3H2,1H3;;1H2;/q;;+1;;-1. The van der Waals surface area contributed by atoms with Gasteiger partial charge in [-0.3, -0.25) is 0 Å². The van der Waals surface area contributed by atoms with Crippen LogP contribution in [0.5, 0.6) is 0 Å². The van der Waals surface area contributed by atoms with Crippen LogP contribution in [-0.2, 0) is 0 Å². The molecular formula is C11H17NaO5S. The smallest absolute Gasteiger partial charge is 1.00 e. The van der Waals surface area contributed by atoms with Crippen LogP contribution < -0.4 is 29.6 Å². The molecule has 18 heavy (non-hydrogen) atoms. The van der Waals surface area contributed by atoms with Gasteiger partial charge in [0.05, 0.1) is 11.1 Å². The first-order chi connectivity index (χ1) is 7.52. The van der Waals surface area contributed by atoms with Crippen LogP contribution in [0.25, 0.3) is 0 Å². The van der Waals surface area contributed by atoms with Gasteiger partial charge in [0.15, 0.2) is 0 Å². The van der Waals surface area contributed by atoms with Crippen molar-refractivity contribution in [2.75, 3.05) is 5.75 Å². The van der Waals surface area contributed by atoms with Gasteiger partial charge in [-0.15, -0.1) is 0 Å². The van der Waals surface area contributed by atoms with E-state index in [0.29, 0.717) is 0 Å². The molecule has 0 aliphatic carbocycles. The Morgan fingerprint density at radius 2 is 1.56 bits per heavy atom. The van der Waals surface area contributed by atoms with Crippen molar-refractivity contribution in [2.24, 2.45) is 0 Å². The number of carboxylic acid groups (broad SMARTS) is 2. The predicted octanol–water partition coefficient (Wildman–Crippen LogP) is -1.30. The van der Waals surface area contributed by atoms with Gasteiger partial charge in [-0.2, -0.15) is 12.6 Å². The van der Waals surface area contributed by atoms with Gasteiger partial charge in [0.2, 0.25) is 0 Å². The second kappa shape index (κ2) is 12.9. The molecule has 7 heteroatoms. The second-order valence-electron chi connectivity index (χ2n) is 2.91. The first-order valence-electron chi connectivity index (χ1n) is 4.70. The number of aromatic carboxylic acids is 2. The molecule has 0 aromatic heterocycles. The molecule has 0 atom stereocenters. The molecule has 0 amide bonds. The minimum absolute atomic E-state index is 0. The Morgan fingerprint density at radius 1 is 1.22 bits per heavy atom. The molecular weight excluding hydrogens is 267 g/mol. The molecule has 0 aliphatic rings. The van der Waals surface area contributed by atoms with E-state index in [4.69, 9.17) is 10.2 Å². The number of hydrogen-bond donors (Lipinski definition) is 3. The summed E-state index contributed by atoms with van der Waals surface area (Å²) in [6.07, 6.45) is 1.18. The van der Waals surface area contributed by atoms with E-state index in [1.807, 2.05) is 0 Å². The summed E-state index contributed by atoms with van der Waals surface area (Å²) in [5.41, 5.74) is -0.0372. The molecule has 0 fully saturated rings. The number of benzene rings is 1. The monoisotopic (exact) mass is 284 g/mol. The summed E-state index contributed by atoms with van der Waals surface area (Å²) in [7, 11) is 0. The molecule has 1 aromatic rings. The van der Waals surface area contributed by atoms with Crippen molar-refractivity contribution in [2.45, 2.75) is 13.3 Å². The van der Waals surface area contributed by atoms with Crippen LogP contribution in [0.3, 0.4) is 0 Å². The van der Waals surface area contributed by atoms with E-state index in [0.717, 1.165) is 11.8 Å². The summed E-state index contributed by atoms with van der Waals surface area (Å²) in [5.74, 6) is -1.24. The number of thiol groups is 1. The summed E-state index contributed by atoms with van der Waals surface area (Å²) >= 11 is 3.92. The molecule has 0 unspecified atom stereocenters. The number of rotatable bonds is 3. The molecule has 1 aromatic carbocycles. The van der Waals surface area contributed by atoms with Gasteiger partial charge in [-0.05, 0) is 30.4 Å². The Hall–Kier alpha value is -0.530. The molecule has 5 nitrogen and oxygen atoms in total. The fourth-order valence-electron chi connectivity index (χ4n) is 0.785. The Balaban J connectivity index is -0.000000144. The topological polar surface area (TPSA) is 106 Å². The van der Waals surface area contributed by atoms with Crippen molar-refractivity contribution < 1.29 is 56.3 Å². The van der Waals surface area contributed by atoms with Gasteiger partial charge < -0.3 is 17.1 Å². The molecule has 0 heterocycles. The quantitative estimate of drug-likeness (QED) is 0.474. The van der Waals surface area contributed by atoms with E-state index < -0.39 is 11.9 Å². The molecule has 0 radical (unpaired) electrons. The summed E-state index contributed by atoms with van der Waals surface area (Å²) < 4.78 is 0. The van der Waals surface area contributed by atoms with E-state index in [9.17, 15) is 9.59 Å². The van der Waals surface area contributed by atoms with Crippen LogP contribution in [-0.4, -0.2) is 33.4 Å². The zero-order valence-corrected chi connectivity index (χ0v) is 13.3. The third-order valence-corrected chi connectivity index (χ3v) is 2.03. The van der Waals surface area contributed by atoms with E-state index in [2.05, 4.69) is 19.6 Å². The SMILES string of the molecule is CCCS.O.O=C(O)c1cccc(C(=O)O)c1.[H-].[Na+]. The van der Waals surface area contributed by atoms with E-state index >= 15 is 0 Å². The maximum absolute atomic E-state index is 10.4. The van der Waals surface area contributed by atoms with E-state index in [1.165, 1.54) is 24.6 Å². The first-order valence-corrected chi connectivity index (χ1v) is 5.33. The van der Waals surface area contributed by atoms with Crippen molar-refractivity contribution >= 4 is 24.6 Å².